The van der Waals surface area contributed by atoms with Crippen LogP contribution in [0.2, 0.25) is 0 Å². The maximum Gasteiger partial charge on any atom is 0.242 e. The fraction of sp³-hybridized carbons (Fsp3) is 0.235. The number of nitrogens with zero attached hydrogens (tertiary/aromatic N) is 3. The molecule has 1 amide bonds. The second-order valence-corrected chi connectivity index (χ2v) is 5.70. The van der Waals surface area contributed by atoms with Gasteiger partial charge in [-0.05, 0) is 18.2 Å². The van der Waals surface area contributed by atoms with Crippen molar-refractivity contribution in [3.63, 3.8) is 0 Å². The quantitative estimate of drug-likeness (QED) is 0.751. The third-order valence-corrected chi connectivity index (χ3v) is 4.08. The summed E-state index contributed by atoms with van der Waals surface area (Å²) in [5.41, 5.74) is 2.30. The lowest BCUT2D eigenvalue weighted by atomic mass is 9.98. The smallest absolute Gasteiger partial charge is 0.242 e. The van der Waals surface area contributed by atoms with Gasteiger partial charge in [0.15, 0.2) is 0 Å². The number of hydrogen-bond acceptors (Lipinski definition) is 5. The molecule has 4 rings (SSSR count). The first-order valence-corrected chi connectivity index (χ1v) is 7.70. The first-order valence-electron chi connectivity index (χ1n) is 7.70. The van der Waals surface area contributed by atoms with Crippen LogP contribution in [0.5, 0.6) is 5.75 Å². The Morgan fingerprint density at radius 3 is 2.96 bits per heavy atom. The minimum absolute atomic E-state index is 0.0345. The average molecular weight is 324 g/mol. The van der Waals surface area contributed by atoms with E-state index in [0.29, 0.717) is 5.75 Å². The molecule has 1 aliphatic heterocycles. The zero-order valence-electron chi connectivity index (χ0n) is 12.8. The molecule has 1 aromatic heterocycles. The summed E-state index contributed by atoms with van der Waals surface area (Å²) in [5, 5.41) is 21.1. The summed E-state index contributed by atoms with van der Waals surface area (Å²) in [6, 6.07) is 14.3. The summed E-state index contributed by atoms with van der Waals surface area (Å²) >= 11 is 0. The highest BCUT2D eigenvalue weighted by Crippen LogP contribution is 2.31. The van der Waals surface area contributed by atoms with Crippen LogP contribution < -0.4 is 10.1 Å². The largest absolute Gasteiger partial charge is 0.490 e. The molecule has 0 spiro atoms. The molecule has 0 unspecified atom stereocenters. The second-order valence-electron chi connectivity index (χ2n) is 5.70. The van der Waals surface area contributed by atoms with Gasteiger partial charge in [0, 0.05) is 5.56 Å². The lowest BCUT2D eigenvalue weighted by molar-refractivity contribution is -0.123. The highest BCUT2D eigenvalue weighted by atomic mass is 16.5. The Morgan fingerprint density at radius 1 is 1.25 bits per heavy atom. The zero-order valence-corrected chi connectivity index (χ0v) is 12.8. The van der Waals surface area contributed by atoms with Gasteiger partial charge in [0.05, 0.1) is 11.6 Å². The van der Waals surface area contributed by atoms with E-state index in [-0.39, 0.29) is 19.1 Å². The fourth-order valence-corrected chi connectivity index (χ4v) is 2.91. The monoisotopic (exact) mass is 324 g/mol. The average Bonchev–Trinajstić information content (AvgIpc) is 3.01. The Balaban J connectivity index is 1.54. The number of carbonyl (C=O) groups excluding carboxylic acids is 1. The zero-order chi connectivity index (χ0) is 16.5. The van der Waals surface area contributed by atoms with Gasteiger partial charge in [-0.3, -0.25) is 4.79 Å². The standard InChI is InChI=1S/C17H16N4O3/c22-14-10-24-15-8-4-1-5-11(15)17(14)18-16(23)9-21-13-7-3-2-6-12(13)19-20-21/h1-8,14,17,22H,9-10H2,(H,18,23)/t14-,17+/m1/s1. The van der Waals surface area contributed by atoms with Gasteiger partial charge in [-0.15, -0.1) is 5.10 Å². The Morgan fingerprint density at radius 2 is 2.04 bits per heavy atom. The van der Waals surface area contributed by atoms with Gasteiger partial charge in [-0.25, -0.2) is 4.68 Å². The number of hydrogen-bond donors (Lipinski definition) is 2. The number of ether oxygens (including phenoxy) is 1. The van der Waals surface area contributed by atoms with Gasteiger partial charge < -0.3 is 15.2 Å². The normalized spacial score (nSPS) is 19.5. The molecular weight excluding hydrogens is 308 g/mol. The van der Waals surface area contributed by atoms with Crippen molar-refractivity contribution >= 4 is 16.9 Å². The minimum atomic E-state index is -0.795. The Hall–Kier alpha value is -2.93. The van der Waals surface area contributed by atoms with Crippen molar-refractivity contribution in [3.8, 4) is 5.75 Å². The molecule has 2 atom stereocenters. The SMILES string of the molecule is O=C(Cn1nnc2ccccc21)N[C@H]1c2ccccc2OC[C@H]1O. The van der Waals surface area contributed by atoms with E-state index in [1.54, 1.807) is 4.68 Å². The summed E-state index contributed by atoms with van der Waals surface area (Å²) in [4.78, 5) is 12.4. The summed E-state index contributed by atoms with van der Waals surface area (Å²) in [5.74, 6) is 0.436. The van der Waals surface area contributed by atoms with Crippen molar-refractivity contribution in [1.29, 1.82) is 0 Å². The van der Waals surface area contributed by atoms with Crippen LogP contribution in [-0.2, 0) is 11.3 Å². The Labute approximate surface area is 137 Å². The lowest BCUT2D eigenvalue weighted by Gasteiger charge is -2.31. The number of rotatable bonds is 3. The number of amides is 1. The van der Waals surface area contributed by atoms with Gasteiger partial charge in [0.25, 0.3) is 0 Å². The van der Waals surface area contributed by atoms with E-state index in [2.05, 4.69) is 15.6 Å². The van der Waals surface area contributed by atoms with E-state index in [1.165, 1.54) is 0 Å². The lowest BCUT2D eigenvalue weighted by Crippen LogP contribution is -2.43. The number of fused-ring (bicyclic) bond motifs is 2. The minimum Gasteiger partial charge on any atom is -0.490 e. The van der Waals surface area contributed by atoms with E-state index >= 15 is 0 Å². The predicted octanol–water partition coefficient (Wildman–Crippen LogP) is 1.04. The molecule has 0 fully saturated rings. The summed E-state index contributed by atoms with van der Waals surface area (Å²) < 4.78 is 7.03. The van der Waals surface area contributed by atoms with Crippen LogP contribution >= 0.6 is 0 Å². The molecule has 7 nitrogen and oxygen atoms in total. The highest BCUT2D eigenvalue weighted by Gasteiger charge is 2.30. The molecule has 0 saturated heterocycles. The van der Waals surface area contributed by atoms with Crippen LogP contribution in [0.1, 0.15) is 11.6 Å². The van der Waals surface area contributed by atoms with Crippen LogP contribution in [0.3, 0.4) is 0 Å². The van der Waals surface area contributed by atoms with Gasteiger partial charge in [0.1, 0.15) is 30.5 Å². The number of benzene rings is 2. The molecule has 24 heavy (non-hydrogen) atoms. The molecule has 0 radical (unpaired) electrons. The van der Waals surface area contributed by atoms with Crippen molar-refractivity contribution < 1.29 is 14.6 Å². The predicted molar refractivity (Wildman–Crippen MR) is 86.4 cm³/mol. The van der Waals surface area contributed by atoms with Gasteiger partial charge in [-0.2, -0.15) is 0 Å². The molecule has 2 heterocycles. The van der Waals surface area contributed by atoms with Crippen LogP contribution in [0.15, 0.2) is 48.5 Å². The Bertz CT molecular complexity index is 892. The fourth-order valence-electron chi connectivity index (χ4n) is 2.91. The van der Waals surface area contributed by atoms with Gasteiger partial charge in [0.2, 0.25) is 5.91 Å². The molecular formula is C17H16N4O3. The van der Waals surface area contributed by atoms with Crippen molar-refractivity contribution in [2.45, 2.75) is 18.7 Å². The Kier molecular flexibility index (Phi) is 3.62. The first-order chi connectivity index (χ1) is 11.7. The number of aliphatic hydroxyl groups excluding tert-OH is 1. The van der Waals surface area contributed by atoms with E-state index < -0.39 is 12.1 Å². The van der Waals surface area contributed by atoms with Crippen LogP contribution in [0.4, 0.5) is 0 Å². The van der Waals surface area contributed by atoms with Gasteiger partial charge in [-0.1, -0.05) is 35.5 Å². The maximum atomic E-state index is 12.4. The third kappa shape index (κ3) is 2.59. The van der Waals surface area contributed by atoms with Gasteiger partial charge >= 0.3 is 0 Å². The van der Waals surface area contributed by atoms with Crippen LogP contribution in [0.25, 0.3) is 11.0 Å². The molecule has 3 aromatic rings. The molecule has 7 heteroatoms. The number of aromatic nitrogens is 3. The highest BCUT2D eigenvalue weighted by molar-refractivity contribution is 5.80. The molecule has 0 saturated carbocycles. The maximum absolute atomic E-state index is 12.4. The number of para-hydroxylation sites is 2. The molecule has 122 valence electrons. The topological polar surface area (TPSA) is 89.3 Å². The van der Waals surface area contributed by atoms with E-state index in [4.69, 9.17) is 4.74 Å². The summed E-state index contributed by atoms with van der Waals surface area (Å²) in [6.45, 7) is 0.182. The molecule has 2 N–H and O–H groups in total. The number of aliphatic hydroxyl groups is 1. The summed E-state index contributed by atoms with van der Waals surface area (Å²) in [7, 11) is 0. The second kappa shape index (κ2) is 5.93. The third-order valence-electron chi connectivity index (χ3n) is 4.08. The molecule has 2 aromatic carbocycles. The molecule has 0 bridgehead atoms. The van der Waals surface area contributed by atoms with Crippen molar-refractivity contribution in [2.75, 3.05) is 6.61 Å². The van der Waals surface area contributed by atoms with Crippen LogP contribution in [-0.4, -0.2) is 38.7 Å². The summed E-state index contributed by atoms with van der Waals surface area (Å²) in [6.07, 6.45) is -0.795. The molecule has 1 aliphatic rings. The van der Waals surface area contributed by atoms with Crippen LogP contribution in [0, 0.1) is 0 Å². The van der Waals surface area contributed by atoms with E-state index in [0.717, 1.165) is 16.6 Å². The van der Waals surface area contributed by atoms with Crippen molar-refractivity contribution in [3.05, 3.63) is 54.1 Å². The van der Waals surface area contributed by atoms with E-state index in [9.17, 15) is 9.90 Å². The van der Waals surface area contributed by atoms with Crippen molar-refractivity contribution in [1.82, 2.24) is 20.3 Å². The van der Waals surface area contributed by atoms with Crippen molar-refractivity contribution in [2.24, 2.45) is 0 Å². The molecule has 0 aliphatic carbocycles. The number of nitrogens with one attached hydrogen (secondary N) is 1. The first kappa shape index (κ1) is 14.6. The number of carbonyl (C=O) groups is 1. The van der Waals surface area contributed by atoms with E-state index in [1.807, 2.05) is 48.5 Å².